The van der Waals surface area contributed by atoms with Gasteiger partial charge in [-0.3, -0.25) is 14.9 Å². The molecule has 1 aromatic rings. The van der Waals surface area contributed by atoms with Crippen molar-refractivity contribution in [3.8, 4) is 0 Å². The first-order valence-electron chi connectivity index (χ1n) is 3.59. The number of hydrogen-bond donors (Lipinski definition) is 1. The molecule has 74 valence electrons. The number of halogens is 1. The zero-order chi connectivity index (χ0) is 10.7. The molecule has 0 saturated carbocycles. The number of pyridine rings is 1. The Labute approximate surface area is 84.0 Å². The lowest BCUT2D eigenvalue weighted by atomic mass is 10.4. The Balaban J connectivity index is 3.21. The van der Waals surface area contributed by atoms with Crippen LogP contribution in [0, 0.1) is 10.1 Å². The molecule has 1 aromatic heterocycles. The average Bonchev–Trinajstić information content (AvgIpc) is 2.01. The van der Waals surface area contributed by atoms with E-state index in [4.69, 9.17) is 11.6 Å². The van der Waals surface area contributed by atoms with E-state index < -0.39 is 16.5 Å². The van der Waals surface area contributed by atoms with Gasteiger partial charge >= 0.3 is 5.69 Å². The summed E-state index contributed by atoms with van der Waals surface area (Å²) in [4.78, 5) is 24.2. The highest BCUT2D eigenvalue weighted by Crippen LogP contribution is 2.29. The number of rotatable bonds is 2. The van der Waals surface area contributed by atoms with E-state index in [0.717, 1.165) is 0 Å². The van der Waals surface area contributed by atoms with E-state index >= 15 is 0 Å². The van der Waals surface area contributed by atoms with Gasteiger partial charge in [0.15, 0.2) is 0 Å². The largest absolute Gasteiger partial charge is 0.330 e. The maximum absolute atomic E-state index is 10.7. The topological polar surface area (TPSA) is 85.1 Å². The molecule has 14 heavy (non-hydrogen) atoms. The maximum atomic E-state index is 10.7. The molecule has 1 N–H and O–H groups in total. The number of nitrogens with one attached hydrogen (secondary N) is 1. The Kier molecular flexibility index (Phi) is 2.98. The van der Waals surface area contributed by atoms with Crippen molar-refractivity contribution in [3.63, 3.8) is 0 Å². The van der Waals surface area contributed by atoms with E-state index in [1.807, 2.05) is 0 Å². The highest BCUT2D eigenvalue weighted by molar-refractivity contribution is 6.33. The minimum Gasteiger partial charge on any atom is -0.305 e. The molecule has 0 aliphatic carbocycles. The monoisotopic (exact) mass is 215 g/mol. The van der Waals surface area contributed by atoms with Gasteiger partial charge in [0.1, 0.15) is 5.02 Å². The summed E-state index contributed by atoms with van der Waals surface area (Å²) in [5, 5.41) is 12.7. The Bertz CT molecular complexity index is 394. The Morgan fingerprint density at radius 3 is 2.86 bits per heavy atom. The number of hydrogen-bond acceptors (Lipinski definition) is 4. The number of carbonyl (C=O) groups is 1. The first-order chi connectivity index (χ1) is 6.52. The van der Waals surface area contributed by atoms with Crippen LogP contribution in [0.1, 0.15) is 6.92 Å². The van der Waals surface area contributed by atoms with E-state index in [1.165, 1.54) is 19.2 Å². The quantitative estimate of drug-likeness (QED) is 0.600. The van der Waals surface area contributed by atoms with Gasteiger partial charge in [-0.15, -0.1) is 0 Å². The Morgan fingerprint density at radius 1 is 1.71 bits per heavy atom. The van der Waals surface area contributed by atoms with Crippen molar-refractivity contribution in [1.82, 2.24) is 4.98 Å². The number of amides is 1. The van der Waals surface area contributed by atoms with Gasteiger partial charge < -0.3 is 5.32 Å². The summed E-state index contributed by atoms with van der Waals surface area (Å²) in [7, 11) is 0. The van der Waals surface area contributed by atoms with Crippen LogP contribution in [-0.4, -0.2) is 15.8 Å². The molecule has 0 aromatic carbocycles. The molecule has 0 atom stereocenters. The maximum Gasteiger partial charge on any atom is 0.330 e. The lowest BCUT2D eigenvalue weighted by Gasteiger charge is -2.02. The predicted molar refractivity (Wildman–Crippen MR) is 50.2 cm³/mol. The minimum absolute atomic E-state index is 0.0613. The number of anilines is 1. The summed E-state index contributed by atoms with van der Waals surface area (Å²) in [6, 6.07) is 1.28. The van der Waals surface area contributed by atoms with Crippen molar-refractivity contribution in [2.24, 2.45) is 0 Å². The summed E-state index contributed by atoms with van der Waals surface area (Å²) < 4.78 is 0. The molecule has 6 nitrogen and oxygen atoms in total. The molecule has 1 rings (SSSR count). The summed E-state index contributed by atoms with van der Waals surface area (Å²) in [5.41, 5.74) is -0.399. The van der Waals surface area contributed by atoms with E-state index in [9.17, 15) is 14.9 Å². The van der Waals surface area contributed by atoms with Crippen molar-refractivity contribution in [2.75, 3.05) is 5.32 Å². The molecule has 7 heteroatoms. The molecule has 0 saturated heterocycles. The van der Waals surface area contributed by atoms with Crippen molar-refractivity contribution in [3.05, 3.63) is 27.4 Å². The fraction of sp³-hybridized carbons (Fsp3) is 0.143. The van der Waals surface area contributed by atoms with Gasteiger partial charge in [-0.2, -0.15) is 0 Å². The molecule has 0 bridgehead atoms. The van der Waals surface area contributed by atoms with Gasteiger partial charge in [0.25, 0.3) is 0 Å². The van der Waals surface area contributed by atoms with Crippen LogP contribution < -0.4 is 5.32 Å². The smallest absolute Gasteiger partial charge is 0.305 e. The molecule has 0 unspecified atom stereocenters. The summed E-state index contributed by atoms with van der Waals surface area (Å²) in [5.74, 6) is -0.585. The van der Waals surface area contributed by atoms with Gasteiger partial charge in [-0.25, -0.2) is 4.98 Å². The Hall–Kier alpha value is -1.69. The number of nitrogens with zero attached hydrogens (tertiary/aromatic N) is 2. The molecule has 0 spiro atoms. The summed E-state index contributed by atoms with van der Waals surface area (Å²) in [6.45, 7) is 1.23. The number of carbonyl (C=O) groups excluding carboxylic acids is 1. The van der Waals surface area contributed by atoms with Crippen molar-refractivity contribution >= 4 is 29.0 Å². The van der Waals surface area contributed by atoms with E-state index in [2.05, 4.69) is 10.3 Å². The predicted octanol–water partition coefficient (Wildman–Crippen LogP) is 1.60. The molecular formula is C7H6ClN3O3. The third kappa shape index (κ3) is 2.17. The first kappa shape index (κ1) is 10.4. The van der Waals surface area contributed by atoms with Crippen LogP contribution in [0.2, 0.25) is 5.02 Å². The van der Waals surface area contributed by atoms with Crippen LogP contribution in [-0.2, 0) is 4.79 Å². The number of aromatic nitrogens is 1. The zero-order valence-corrected chi connectivity index (χ0v) is 7.91. The van der Waals surface area contributed by atoms with Gasteiger partial charge in [0.05, 0.1) is 4.92 Å². The van der Waals surface area contributed by atoms with Crippen molar-refractivity contribution < 1.29 is 9.72 Å². The van der Waals surface area contributed by atoms with Gasteiger partial charge in [-0.1, -0.05) is 11.6 Å². The van der Waals surface area contributed by atoms with E-state index in [-0.39, 0.29) is 10.8 Å². The second-order valence-corrected chi connectivity index (χ2v) is 2.84. The fourth-order valence-electron chi connectivity index (χ4n) is 0.862. The molecule has 0 aliphatic heterocycles. The number of nitro groups is 1. The van der Waals surface area contributed by atoms with Crippen molar-refractivity contribution in [2.45, 2.75) is 6.92 Å². The molecule has 0 fully saturated rings. The molecule has 0 radical (unpaired) electrons. The lowest BCUT2D eigenvalue weighted by Crippen LogP contribution is -2.09. The van der Waals surface area contributed by atoms with Gasteiger partial charge in [-0.05, 0) is 6.07 Å². The Morgan fingerprint density at radius 2 is 2.36 bits per heavy atom. The van der Waals surface area contributed by atoms with Crippen LogP contribution in [0.4, 0.5) is 11.5 Å². The normalized spacial score (nSPS) is 9.57. The molecule has 0 aliphatic rings. The van der Waals surface area contributed by atoms with Gasteiger partial charge in [0, 0.05) is 13.1 Å². The third-order valence-corrected chi connectivity index (χ3v) is 1.66. The van der Waals surface area contributed by atoms with Crippen LogP contribution in [0.5, 0.6) is 0 Å². The molecule has 1 heterocycles. The first-order valence-corrected chi connectivity index (χ1v) is 3.96. The van der Waals surface area contributed by atoms with Crippen LogP contribution >= 0.6 is 11.6 Å². The lowest BCUT2D eigenvalue weighted by molar-refractivity contribution is -0.384. The molecular weight excluding hydrogens is 210 g/mol. The highest BCUT2D eigenvalue weighted by atomic mass is 35.5. The molecule has 1 amide bonds. The second kappa shape index (κ2) is 4.01. The van der Waals surface area contributed by atoms with E-state index in [0.29, 0.717) is 0 Å². The van der Waals surface area contributed by atoms with E-state index in [1.54, 1.807) is 0 Å². The third-order valence-electron chi connectivity index (χ3n) is 1.35. The summed E-state index contributed by atoms with van der Waals surface area (Å²) in [6.07, 6.45) is 1.28. The second-order valence-electron chi connectivity index (χ2n) is 2.43. The standard InChI is InChI=1S/C7H6ClN3O3/c1-4(12)10-7-6(11(13)14)5(8)2-3-9-7/h2-3H,1H3,(H,9,10,12). The van der Waals surface area contributed by atoms with Gasteiger partial charge in [0.2, 0.25) is 11.7 Å². The highest BCUT2D eigenvalue weighted by Gasteiger charge is 2.20. The fourth-order valence-corrected chi connectivity index (χ4v) is 1.08. The average molecular weight is 216 g/mol. The van der Waals surface area contributed by atoms with Crippen LogP contribution in [0.25, 0.3) is 0 Å². The minimum atomic E-state index is -0.694. The zero-order valence-electron chi connectivity index (χ0n) is 7.15. The van der Waals surface area contributed by atoms with Crippen LogP contribution in [0.15, 0.2) is 12.3 Å². The van der Waals surface area contributed by atoms with Crippen molar-refractivity contribution in [1.29, 1.82) is 0 Å². The SMILES string of the molecule is CC(=O)Nc1nccc(Cl)c1[N+](=O)[O-]. The van der Waals surface area contributed by atoms with Crippen LogP contribution in [0.3, 0.4) is 0 Å². The summed E-state index contributed by atoms with van der Waals surface area (Å²) >= 11 is 5.57.